The molecule has 2 fully saturated rings. The summed E-state index contributed by atoms with van der Waals surface area (Å²) in [5.74, 6) is 6.01. The molecule has 0 bridgehead atoms. The zero-order valence-corrected chi connectivity index (χ0v) is 20.8. The van der Waals surface area contributed by atoms with Gasteiger partial charge in [-0.15, -0.1) is 0 Å². The van der Waals surface area contributed by atoms with E-state index in [1.54, 1.807) is 13.8 Å². The largest absolute Gasteiger partial charge is 0.481 e. The van der Waals surface area contributed by atoms with Crippen LogP contribution in [-0.2, 0) is 11.3 Å². The van der Waals surface area contributed by atoms with Gasteiger partial charge in [-0.25, -0.2) is 4.98 Å². The topological polar surface area (TPSA) is 104 Å². The van der Waals surface area contributed by atoms with Crippen molar-refractivity contribution in [3.8, 4) is 11.8 Å². The van der Waals surface area contributed by atoms with Gasteiger partial charge in [-0.1, -0.05) is 35.7 Å². The van der Waals surface area contributed by atoms with Crippen LogP contribution in [-0.4, -0.2) is 43.8 Å². The van der Waals surface area contributed by atoms with Gasteiger partial charge in [0.1, 0.15) is 22.8 Å². The minimum atomic E-state index is -1.20. The van der Waals surface area contributed by atoms with Gasteiger partial charge in [0.2, 0.25) is 0 Å². The lowest BCUT2D eigenvalue weighted by Crippen LogP contribution is -2.34. The molecule has 0 spiro atoms. The molecule has 0 atom stereocenters. The molecule has 7 heteroatoms. The van der Waals surface area contributed by atoms with Crippen LogP contribution in [0.2, 0.25) is 0 Å². The number of carboxylic acid groups (broad SMARTS) is 1. The molecule has 186 valence electrons. The van der Waals surface area contributed by atoms with E-state index < -0.39 is 11.6 Å². The van der Waals surface area contributed by atoms with E-state index in [4.69, 9.17) is 4.98 Å². The number of hydrogen-bond donors (Lipinski definition) is 3. The smallest absolute Gasteiger partial charge is 0.306 e. The van der Waals surface area contributed by atoms with Gasteiger partial charge in [-0.05, 0) is 76.7 Å². The van der Waals surface area contributed by atoms with Gasteiger partial charge >= 0.3 is 5.97 Å². The Morgan fingerprint density at radius 2 is 1.77 bits per heavy atom. The summed E-state index contributed by atoms with van der Waals surface area (Å²) in [4.78, 5) is 29.6. The molecule has 0 radical (unpaired) electrons. The summed E-state index contributed by atoms with van der Waals surface area (Å²) in [6.07, 6.45) is 4.95. The quantitative estimate of drug-likeness (QED) is 0.526. The molecule has 2 aromatic rings. The van der Waals surface area contributed by atoms with Crippen LogP contribution in [0, 0.1) is 30.6 Å². The maximum Gasteiger partial charge on any atom is 0.306 e. The van der Waals surface area contributed by atoms with Gasteiger partial charge in [0, 0.05) is 19.0 Å². The molecule has 2 saturated carbocycles. The van der Waals surface area contributed by atoms with E-state index >= 15 is 0 Å². The standard InChI is InChI=1S/C28H35N3O4/c1-18-4-6-20(7-5-18)17-31-24(23(14-15-28(2,3)35)30-25(31)21-12-13-21)26(32)29-16-19-8-10-22(11-9-19)27(33)34/h4-7,19,21-22,35H,8-13,16-17H2,1-3H3,(H,29,32)(H,33,34). The van der Waals surface area contributed by atoms with E-state index in [1.165, 1.54) is 5.56 Å². The number of benzene rings is 1. The van der Waals surface area contributed by atoms with Crippen LogP contribution in [0.4, 0.5) is 0 Å². The lowest BCUT2D eigenvalue weighted by molar-refractivity contribution is -0.143. The second-order valence-corrected chi connectivity index (χ2v) is 10.6. The number of carbonyl (C=O) groups is 2. The third kappa shape index (κ3) is 6.52. The SMILES string of the molecule is Cc1ccc(Cn2c(C3CC3)nc(C#CC(C)(C)O)c2C(=O)NCC2CCC(C(=O)O)CC2)cc1. The Labute approximate surface area is 207 Å². The van der Waals surface area contributed by atoms with E-state index in [9.17, 15) is 19.8 Å². The maximum atomic E-state index is 13.5. The molecule has 35 heavy (non-hydrogen) atoms. The van der Waals surface area contributed by atoms with E-state index in [-0.39, 0.29) is 17.7 Å². The molecule has 0 aliphatic heterocycles. The van der Waals surface area contributed by atoms with Crippen molar-refractivity contribution in [2.24, 2.45) is 11.8 Å². The summed E-state index contributed by atoms with van der Waals surface area (Å²) in [6, 6.07) is 8.25. The summed E-state index contributed by atoms with van der Waals surface area (Å²) < 4.78 is 1.99. The van der Waals surface area contributed by atoms with Crippen molar-refractivity contribution in [3.05, 3.63) is 52.6 Å². The van der Waals surface area contributed by atoms with Crippen molar-refractivity contribution >= 4 is 11.9 Å². The Morgan fingerprint density at radius 3 is 2.34 bits per heavy atom. The van der Waals surface area contributed by atoms with Crippen molar-refractivity contribution in [2.75, 3.05) is 6.54 Å². The summed E-state index contributed by atoms with van der Waals surface area (Å²) in [6.45, 7) is 6.29. The van der Waals surface area contributed by atoms with Crippen molar-refractivity contribution in [1.29, 1.82) is 0 Å². The number of carboxylic acids is 1. The second-order valence-electron chi connectivity index (χ2n) is 10.6. The Hall–Kier alpha value is -3.11. The molecule has 1 heterocycles. The number of nitrogens with zero attached hydrogens (tertiary/aromatic N) is 2. The molecule has 2 aliphatic rings. The Bertz CT molecular complexity index is 1140. The van der Waals surface area contributed by atoms with Crippen LogP contribution in [0.3, 0.4) is 0 Å². The molecule has 7 nitrogen and oxygen atoms in total. The monoisotopic (exact) mass is 477 g/mol. The number of amides is 1. The van der Waals surface area contributed by atoms with E-state index in [0.29, 0.717) is 43.2 Å². The molecular formula is C28H35N3O4. The molecular weight excluding hydrogens is 442 g/mol. The first kappa shape index (κ1) is 25.0. The molecule has 4 rings (SSSR count). The molecule has 1 aromatic carbocycles. The molecule has 3 N–H and O–H groups in total. The van der Waals surface area contributed by atoms with Gasteiger partial charge in [-0.3, -0.25) is 9.59 Å². The number of aliphatic carboxylic acids is 1. The number of aryl methyl sites for hydroxylation is 1. The fourth-order valence-electron chi connectivity index (χ4n) is 4.62. The molecule has 1 aromatic heterocycles. The van der Waals surface area contributed by atoms with Gasteiger partial charge in [0.15, 0.2) is 0 Å². The van der Waals surface area contributed by atoms with Crippen LogP contribution < -0.4 is 5.32 Å². The van der Waals surface area contributed by atoms with Gasteiger partial charge in [0.25, 0.3) is 5.91 Å². The van der Waals surface area contributed by atoms with Crippen molar-refractivity contribution in [3.63, 3.8) is 0 Å². The summed E-state index contributed by atoms with van der Waals surface area (Å²) in [7, 11) is 0. The van der Waals surface area contributed by atoms with E-state index in [2.05, 4.69) is 41.4 Å². The van der Waals surface area contributed by atoms with Crippen LogP contribution in [0.15, 0.2) is 24.3 Å². The minimum absolute atomic E-state index is 0.225. The predicted octanol–water partition coefficient (Wildman–Crippen LogP) is 3.86. The zero-order valence-electron chi connectivity index (χ0n) is 20.8. The van der Waals surface area contributed by atoms with Gasteiger partial charge in [-0.2, -0.15) is 0 Å². The number of hydrogen-bond acceptors (Lipinski definition) is 4. The van der Waals surface area contributed by atoms with E-state index in [0.717, 1.165) is 37.1 Å². The predicted molar refractivity (Wildman–Crippen MR) is 133 cm³/mol. The lowest BCUT2D eigenvalue weighted by atomic mass is 9.82. The highest BCUT2D eigenvalue weighted by molar-refractivity contribution is 5.95. The fraction of sp³-hybridized carbons (Fsp3) is 0.536. The Kier molecular flexibility index (Phi) is 7.32. The lowest BCUT2D eigenvalue weighted by Gasteiger charge is -2.26. The Balaban J connectivity index is 1.60. The maximum absolute atomic E-state index is 13.5. The fourth-order valence-corrected chi connectivity index (χ4v) is 4.62. The Morgan fingerprint density at radius 1 is 1.11 bits per heavy atom. The zero-order chi connectivity index (χ0) is 25.2. The van der Waals surface area contributed by atoms with Crippen molar-refractivity contribution in [1.82, 2.24) is 14.9 Å². The molecule has 0 saturated heterocycles. The first-order valence-corrected chi connectivity index (χ1v) is 12.5. The average Bonchev–Trinajstić information content (AvgIpc) is 3.59. The average molecular weight is 478 g/mol. The number of carbonyl (C=O) groups excluding carboxylic acids is 1. The molecule has 2 aliphatic carbocycles. The van der Waals surface area contributed by atoms with Gasteiger partial charge in [0.05, 0.1) is 5.92 Å². The van der Waals surface area contributed by atoms with Crippen molar-refractivity contribution in [2.45, 2.75) is 77.4 Å². The number of imidazole rings is 1. The summed E-state index contributed by atoms with van der Waals surface area (Å²) in [5.41, 5.74) is 1.89. The van der Waals surface area contributed by atoms with Crippen LogP contribution in [0.25, 0.3) is 0 Å². The molecule has 1 amide bonds. The highest BCUT2D eigenvalue weighted by atomic mass is 16.4. The van der Waals surface area contributed by atoms with Crippen LogP contribution in [0.1, 0.15) is 91.4 Å². The van der Waals surface area contributed by atoms with Crippen LogP contribution in [0.5, 0.6) is 0 Å². The molecule has 0 unspecified atom stereocenters. The number of nitrogens with one attached hydrogen (secondary N) is 1. The first-order valence-electron chi connectivity index (χ1n) is 12.5. The normalized spacial score (nSPS) is 20.1. The third-order valence-electron chi connectivity index (χ3n) is 6.85. The third-order valence-corrected chi connectivity index (χ3v) is 6.85. The number of aromatic nitrogens is 2. The van der Waals surface area contributed by atoms with Gasteiger partial charge < -0.3 is 20.1 Å². The van der Waals surface area contributed by atoms with E-state index in [1.807, 2.05) is 11.5 Å². The highest BCUT2D eigenvalue weighted by Gasteiger charge is 2.33. The number of rotatable bonds is 7. The summed E-state index contributed by atoms with van der Waals surface area (Å²) in [5, 5.41) is 22.5. The number of aliphatic hydroxyl groups is 1. The summed E-state index contributed by atoms with van der Waals surface area (Å²) >= 11 is 0. The highest BCUT2D eigenvalue weighted by Crippen LogP contribution is 2.40. The van der Waals surface area contributed by atoms with Crippen molar-refractivity contribution < 1.29 is 19.8 Å². The second kappa shape index (κ2) is 10.2. The minimum Gasteiger partial charge on any atom is -0.481 e. The first-order chi connectivity index (χ1) is 16.6. The van der Waals surface area contributed by atoms with Crippen LogP contribution >= 0.6 is 0 Å².